The number of fused-ring (bicyclic) bond motifs is 1. The van der Waals surface area contributed by atoms with Gasteiger partial charge in [-0.25, -0.2) is 0 Å². The van der Waals surface area contributed by atoms with E-state index in [2.05, 4.69) is 49.1 Å². The predicted molar refractivity (Wildman–Crippen MR) is 58.9 cm³/mol. The summed E-state index contributed by atoms with van der Waals surface area (Å²) in [5.74, 6) is 0. The SMILES string of the molecule is C=c1cc2ccccc2cc1=CC. The largest absolute Gasteiger partial charge is 0.0911 e. The molecule has 0 aromatic heterocycles. The molecule has 2 aromatic rings. The van der Waals surface area contributed by atoms with E-state index in [9.17, 15) is 0 Å². The summed E-state index contributed by atoms with van der Waals surface area (Å²) in [5, 5.41) is 4.86. The van der Waals surface area contributed by atoms with E-state index in [0.29, 0.717) is 0 Å². The van der Waals surface area contributed by atoms with Crippen molar-refractivity contribution in [1.82, 2.24) is 0 Å². The topological polar surface area (TPSA) is 0 Å². The summed E-state index contributed by atoms with van der Waals surface area (Å²) in [4.78, 5) is 0. The molecule has 0 heterocycles. The van der Waals surface area contributed by atoms with Gasteiger partial charge in [-0.3, -0.25) is 0 Å². The molecule has 0 nitrogen and oxygen atoms in total. The van der Waals surface area contributed by atoms with Crippen molar-refractivity contribution < 1.29 is 0 Å². The van der Waals surface area contributed by atoms with E-state index >= 15 is 0 Å². The van der Waals surface area contributed by atoms with Crippen LogP contribution in [0.3, 0.4) is 0 Å². The third kappa shape index (κ3) is 1.35. The van der Waals surface area contributed by atoms with Gasteiger partial charge < -0.3 is 0 Å². The summed E-state index contributed by atoms with van der Waals surface area (Å²) >= 11 is 0. The summed E-state index contributed by atoms with van der Waals surface area (Å²) in [7, 11) is 0. The summed E-state index contributed by atoms with van der Waals surface area (Å²) in [5.41, 5.74) is 0. The lowest BCUT2D eigenvalue weighted by molar-refractivity contribution is 1.56. The van der Waals surface area contributed by atoms with Crippen molar-refractivity contribution >= 4 is 23.4 Å². The molecule has 0 heteroatoms. The van der Waals surface area contributed by atoms with E-state index in [0.717, 1.165) is 5.22 Å². The van der Waals surface area contributed by atoms with Crippen LogP contribution in [0.15, 0.2) is 36.4 Å². The molecule has 0 saturated carbocycles. The fraction of sp³-hybridized carbons (Fsp3) is 0.0769. The highest BCUT2D eigenvalue weighted by Gasteiger charge is 1.90. The van der Waals surface area contributed by atoms with Crippen molar-refractivity contribution in [2.45, 2.75) is 6.92 Å². The first-order valence-corrected chi connectivity index (χ1v) is 4.45. The van der Waals surface area contributed by atoms with Crippen LogP contribution in [0, 0.1) is 0 Å². The maximum absolute atomic E-state index is 4.01. The summed E-state index contributed by atoms with van der Waals surface area (Å²) in [6.45, 7) is 6.05. The number of benzene rings is 2. The van der Waals surface area contributed by atoms with Crippen LogP contribution in [0.1, 0.15) is 6.92 Å². The fourth-order valence-corrected chi connectivity index (χ4v) is 1.57. The minimum atomic E-state index is 1.10. The predicted octanol–water partition coefficient (Wildman–Crippen LogP) is 2.05. The van der Waals surface area contributed by atoms with E-state index in [4.69, 9.17) is 0 Å². The van der Waals surface area contributed by atoms with E-state index in [1.165, 1.54) is 16.0 Å². The number of rotatable bonds is 0. The molecule has 0 unspecified atom stereocenters. The molecule has 2 aromatic carbocycles. The number of hydrogen-bond acceptors (Lipinski definition) is 0. The van der Waals surface area contributed by atoms with Gasteiger partial charge in [0.05, 0.1) is 0 Å². The van der Waals surface area contributed by atoms with Crippen molar-refractivity contribution in [3.63, 3.8) is 0 Å². The third-order valence-electron chi connectivity index (χ3n) is 2.32. The normalized spacial score (nSPS) is 12.2. The molecular weight excluding hydrogens is 156 g/mol. The standard InChI is InChI=1S/C13H12/c1-3-11-9-13-7-5-4-6-12(13)8-10(11)2/h3-9H,2H2,1H3. The number of hydrogen-bond donors (Lipinski definition) is 0. The highest BCUT2D eigenvalue weighted by molar-refractivity contribution is 5.82. The Kier molecular flexibility index (Phi) is 1.90. The van der Waals surface area contributed by atoms with Gasteiger partial charge in [-0.15, -0.1) is 0 Å². The molecule has 2 rings (SSSR count). The highest BCUT2D eigenvalue weighted by atomic mass is 13.9. The lowest BCUT2D eigenvalue weighted by Gasteiger charge is -1.96. The molecule has 0 saturated heterocycles. The molecule has 0 atom stereocenters. The van der Waals surface area contributed by atoms with Crippen LogP contribution in [0.4, 0.5) is 0 Å². The maximum atomic E-state index is 4.01. The smallest absolute Gasteiger partial charge is 0.0178 e. The van der Waals surface area contributed by atoms with Crippen molar-refractivity contribution in [2.24, 2.45) is 0 Å². The molecule has 0 fully saturated rings. The molecule has 13 heavy (non-hydrogen) atoms. The van der Waals surface area contributed by atoms with Crippen LogP contribution in [-0.4, -0.2) is 0 Å². The van der Waals surface area contributed by atoms with Gasteiger partial charge in [0.25, 0.3) is 0 Å². The zero-order valence-electron chi connectivity index (χ0n) is 7.75. The van der Waals surface area contributed by atoms with Crippen LogP contribution in [0.2, 0.25) is 0 Å². The van der Waals surface area contributed by atoms with Crippen molar-refractivity contribution in [3.8, 4) is 0 Å². The lowest BCUT2D eigenvalue weighted by Crippen LogP contribution is -2.21. The Morgan fingerprint density at radius 3 is 2.31 bits per heavy atom. The van der Waals surface area contributed by atoms with Crippen LogP contribution in [-0.2, 0) is 0 Å². The lowest BCUT2D eigenvalue weighted by atomic mass is 10.1. The first-order valence-electron chi connectivity index (χ1n) is 4.45. The zero-order chi connectivity index (χ0) is 9.26. The Balaban J connectivity index is 2.98. The summed E-state index contributed by atoms with van der Waals surface area (Å²) < 4.78 is 0. The molecule has 0 aliphatic heterocycles. The van der Waals surface area contributed by atoms with Gasteiger partial charge in [-0.05, 0) is 40.3 Å². The Morgan fingerprint density at radius 2 is 1.69 bits per heavy atom. The Labute approximate surface area is 77.8 Å². The Hall–Kier alpha value is -1.56. The van der Waals surface area contributed by atoms with Crippen molar-refractivity contribution in [3.05, 3.63) is 46.8 Å². The van der Waals surface area contributed by atoms with Gasteiger partial charge >= 0.3 is 0 Å². The average Bonchev–Trinajstić information content (AvgIpc) is 2.17. The van der Waals surface area contributed by atoms with Gasteiger partial charge in [0.15, 0.2) is 0 Å². The quantitative estimate of drug-likeness (QED) is 0.565. The molecule has 0 N–H and O–H groups in total. The zero-order valence-corrected chi connectivity index (χ0v) is 7.75. The molecule has 64 valence electrons. The average molecular weight is 168 g/mol. The van der Waals surface area contributed by atoms with E-state index in [1.54, 1.807) is 0 Å². The second-order valence-electron chi connectivity index (χ2n) is 3.19. The van der Waals surface area contributed by atoms with Crippen molar-refractivity contribution in [2.75, 3.05) is 0 Å². The molecular formula is C13H12. The Morgan fingerprint density at radius 1 is 1.08 bits per heavy atom. The molecule has 0 spiro atoms. The van der Waals surface area contributed by atoms with Gasteiger partial charge in [0.2, 0.25) is 0 Å². The molecule has 0 aliphatic rings. The molecule has 0 amide bonds. The van der Waals surface area contributed by atoms with Gasteiger partial charge in [-0.1, -0.05) is 36.9 Å². The summed E-state index contributed by atoms with van der Waals surface area (Å²) in [6, 6.07) is 12.7. The minimum absolute atomic E-state index is 1.10. The van der Waals surface area contributed by atoms with Gasteiger partial charge in [0, 0.05) is 0 Å². The molecule has 0 aliphatic carbocycles. The van der Waals surface area contributed by atoms with E-state index in [1.807, 2.05) is 6.92 Å². The maximum Gasteiger partial charge on any atom is -0.0178 e. The van der Waals surface area contributed by atoms with E-state index in [-0.39, 0.29) is 0 Å². The first-order chi connectivity index (χ1) is 6.31. The van der Waals surface area contributed by atoms with Crippen LogP contribution < -0.4 is 10.4 Å². The van der Waals surface area contributed by atoms with Crippen molar-refractivity contribution in [1.29, 1.82) is 0 Å². The highest BCUT2D eigenvalue weighted by Crippen LogP contribution is 2.07. The first kappa shape index (κ1) is 8.06. The monoisotopic (exact) mass is 168 g/mol. The minimum Gasteiger partial charge on any atom is -0.0911 e. The third-order valence-corrected chi connectivity index (χ3v) is 2.32. The molecule has 0 bridgehead atoms. The van der Waals surface area contributed by atoms with Crippen LogP contribution in [0.5, 0.6) is 0 Å². The fourth-order valence-electron chi connectivity index (χ4n) is 1.57. The Bertz CT molecular complexity index is 535. The van der Waals surface area contributed by atoms with Crippen LogP contribution in [0.25, 0.3) is 23.4 Å². The second-order valence-corrected chi connectivity index (χ2v) is 3.19. The molecule has 0 radical (unpaired) electrons. The van der Waals surface area contributed by atoms with Gasteiger partial charge in [-0.2, -0.15) is 0 Å². The van der Waals surface area contributed by atoms with Crippen LogP contribution >= 0.6 is 0 Å². The summed E-state index contributed by atoms with van der Waals surface area (Å²) in [6.07, 6.45) is 2.09. The van der Waals surface area contributed by atoms with E-state index < -0.39 is 0 Å². The second kappa shape index (κ2) is 3.06. The van der Waals surface area contributed by atoms with Gasteiger partial charge in [0.1, 0.15) is 0 Å².